The number of pyridine rings is 1. The van der Waals surface area contributed by atoms with Crippen LogP contribution in [-0.4, -0.2) is 24.6 Å². The number of ether oxygens (including phenoxy) is 2. The van der Waals surface area contributed by atoms with E-state index in [2.05, 4.69) is 20.9 Å². The van der Waals surface area contributed by atoms with Crippen LogP contribution >= 0.6 is 15.9 Å². The van der Waals surface area contributed by atoms with Gasteiger partial charge in [-0.3, -0.25) is 0 Å². The van der Waals surface area contributed by atoms with Crippen molar-refractivity contribution in [2.45, 2.75) is 12.3 Å². The van der Waals surface area contributed by atoms with Crippen molar-refractivity contribution in [2.24, 2.45) is 5.92 Å². The highest BCUT2D eigenvalue weighted by Crippen LogP contribution is 2.48. The maximum atomic E-state index is 12.6. The van der Waals surface area contributed by atoms with Gasteiger partial charge >= 0.3 is 0 Å². The minimum absolute atomic E-state index is 0.00914. The van der Waals surface area contributed by atoms with Crippen molar-refractivity contribution in [3.63, 3.8) is 0 Å². The monoisotopic (exact) mass is 293 g/mol. The molecule has 1 aromatic heterocycles. The highest BCUT2D eigenvalue weighted by molar-refractivity contribution is 9.10. The molecule has 1 aliphatic rings. The summed E-state index contributed by atoms with van der Waals surface area (Å²) >= 11 is 3.24. The average Bonchev–Trinajstić information content (AvgIpc) is 2.85. The van der Waals surface area contributed by atoms with Crippen LogP contribution < -0.4 is 9.47 Å². The number of rotatable bonds is 4. The summed E-state index contributed by atoms with van der Waals surface area (Å²) in [6.45, 7) is -0.00914. The van der Waals surface area contributed by atoms with Gasteiger partial charge in [-0.15, -0.1) is 0 Å². The van der Waals surface area contributed by atoms with Gasteiger partial charge in [-0.1, -0.05) is 0 Å². The first-order valence-electron chi connectivity index (χ1n) is 4.74. The van der Waals surface area contributed by atoms with Gasteiger partial charge in [0.15, 0.2) is 0 Å². The third kappa shape index (κ3) is 2.42. The summed E-state index contributed by atoms with van der Waals surface area (Å²) in [5.41, 5.74) is 0. The first-order valence-corrected chi connectivity index (χ1v) is 5.53. The van der Waals surface area contributed by atoms with Crippen molar-refractivity contribution in [1.29, 1.82) is 0 Å². The van der Waals surface area contributed by atoms with E-state index in [9.17, 15) is 8.78 Å². The molecule has 1 heterocycles. The van der Waals surface area contributed by atoms with Gasteiger partial charge < -0.3 is 9.47 Å². The quantitative estimate of drug-likeness (QED) is 0.855. The van der Waals surface area contributed by atoms with E-state index in [1.807, 2.05) is 0 Å². The second-order valence-electron chi connectivity index (χ2n) is 3.61. The molecule has 0 aromatic carbocycles. The molecule has 6 heteroatoms. The van der Waals surface area contributed by atoms with Crippen LogP contribution in [0.2, 0.25) is 0 Å². The van der Waals surface area contributed by atoms with Crippen LogP contribution in [0.25, 0.3) is 0 Å². The van der Waals surface area contributed by atoms with Crippen molar-refractivity contribution in [2.75, 3.05) is 13.7 Å². The van der Waals surface area contributed by atoms with E-state index in [0.29, 0.717) is 16.2 Å². The third-order valence-corrected chi connectivity index (χ3v) is 2.97. The molecule has 1 atom stereocenters. The number of nitrogens with zero attached hydrogens (tertiary/aromatic N) is 1. The zero-order valence-electron chi connectivity index (χ0n) is 8.54. The van der Waals surface area contributed by atoms with Gasteiger partial charge in [-0.05, 0) is 22.0 Å². The molecule has 1 aliphatic carbocycles. The van der Waals surface area contributed by atoms with E-state index in [1.54, 1.807) is 12.1 Å². The molecule has 0 bridgehead atoms. The van der Waals surface area contributed by atoms with E-state index in [0.717, 1.165) is 0 Å². The van der Waals surface area contributed by atoms with Gasteiger partial charge in [0.25, 0.3) is 5.92 Å². The molecule has 16 heavy (non-hydrogen) atoms. The fourth-order valence-corrected chi connectivity index (χ4v) is 1.65. The average molecular weight is 294 g/mol. The van der Waals surface area contributed by atoms with Crippen molar-refractivity contribution in [3.8, 4) is 11.8 Å². The third-order valence-electron chi connectivity index (χ3n) is 2.37. The van der Waals surface area contributed by atoms with Gasteiger partial charge in [-0.2, -0.15) is 4.98 Å². The largest absolute Gasteiger partial charge is 0.480 e. The second-order valence-corrected chi connectivity index (χ2v) is 4.47. The summed E-state index contributed by atoms with van der Waals surface area (Å²) in [6.07, 6.45) is -0.0966. The van der Waals surface area contributed by atoms with Crippen molar-refractivity contribution < 1.29 is 18.3 Å². The Labute approximate surface area is 99.9 Å². The Morgan fingerprint density at radius 3 is 2.81 bits per heavy atom. The molecular formula is C10H10BrF2NO2. The molecule has 2 rings (SSSR count). The van der Waals surface area contributed by atoms with Crippen molar-refractivity contribution in [3.05, 3.63) is 16.6 Å². The summed E-state index contributed by atoms with van der Waals surface area (Å²) in [6, 6.07) is 3.30. The fourth-order valence-electron chi connectivity index (χ4n) is 1.27. The maximum absolute atomic E-state index is 12.6. The molecule has 88 valence electrons. The molecule has 3 nitrogen and oxygen atoms in total. The molecule has 0 N–H and O–H groups in total. The number of hydrogen-bond acceptors (Lipinski definition) is 3. The smallest absolute Gasteiger partial charge is 0.255 e. The fraction of sp³-hybridized carbons (Fsp3) is 0.500. The zero-order chi connectivity index (χ0) is 11.8. The molecule has 0 radical (unpaired) electrons. The number of hydrogen-bond donors (Lipinski definition) is 0. The van der Waals surface area contributed by atoms with Crippen LogP contribution in [0.4, 0.5) is 8.78 Å². The second kappa shape index (κ2) is 4.16. The Bertz CT molecular complexity index is 400. The van der Waals surface area contributed by atoms with Crippen LogP contribution in [0.3, 0.4) is 0 Å². The first-order chi connectivity index (χ1) is 7.53. The first kappa shape index (κ1) is 11.6. The number of halogens is 3. The normalized spacial score (nSPS) is 21.6. The molecule has 1 saturated carbocycles. The minimum atomic E-state index is -2.56. The zero-order valence-corrected chi connectivity index (χ0v) is 10.1. The Morgan fingerprint density at radius 2 is 2.25 bits per heavy atom. The molecule has 1 fully saturated rings. The maximum Gasteiger partial charge on any atom is 0.255 e. The predicted octanol–water partition coefficient (Wildman–Crippen LogP) is 2.89. The lowest BCUT2D eigenvalue weighted by Gasteiger charge is -2.07. The van der Waals surface area contributed by atoms with Crippen LogP contribution in [0.1, 0.15) is 6.42 Å². The summed E-state index contributed by atoms with van der Waals surface area (Å²) in [4.78, 5) is 4.00. The van der Waals surface area contributed by atoms with Crippen LogP contribution in [-0.2, 0) is 0 Å². The summed E-state index contributed by atoms with van der Waals surface area (Å²) in [5.74, 6) is -2.56. The number of methoxy groups -OCH3 is 1. The molecular weight excluding hydrogens is 284 g/mol. The van der Waals surface area contributed by atoms with Gasteiger partial charge in [0, 0.05) is 12.5 Å². The van der Waals surface area contributed by atoms with E-state index < -0.39 is 11.8 Å². The number of aromatic nitrogens is 1. The molecule has 0 unspecified atom stereocenters. The van der Waals surface area contributed by atoms with Crippen LogP contribution in [0, 0.1) is 5.92 Å². The van der Waals surface area contributed by atoms with Crippen molar-refractivity contribution >= 4 is 15.9 Å². The Balaban J connectivity index is 1.95. The van der Waals surface area contributed by atoms with Crippen molar-refractivity contribution in [1.82, 2.24) is 4.98 Å². The lowest BCUT2D eigenvalue weighted by Crippen LogP contribution is -2.06. The topological polar surface area (TPSA) is 31.4 Å². The molecule has 0 spiro atoms. The SMILES string of the molecule is COc1nc(OC[C@H]2CC2(F)F)ccc1Br. The summed E-state index contributed by atoms with van der Waals surface area (Å²) in [7, 11) is 1.48. The minimum Gasteiger partial charge on any atom is -0.480 e. The van der Waals surface area contributed by atoms with E-state index in [-0.39, 0.29) is 13.0 Å². The molecule has 0 amide bonds. The van der Waals surface area contributed by atoms with Gasteiger partial charge in [0.2, 0.25) is 11.8 Å². The van der Waals surface area contributed by atoms with Crippen LogP contribution in [0.5, 0.6) is 11.8 Å². The Hall–Kier alpha value is -0.910. The van der Waals surface area contributed by atoms with Gasteiger partial charge in [0.1, 0.15) is 0 Å². The van der Waals surface area contributed by atoms with E-state index >= 15 is 0 Å². The summed E-state index contributed by atoms with van der Waals surface area (Å²) in [5, 5.41) is 0. The number of alkyl halides is 2. The standard InChI is InChI=1S/C10H10BrF2NO2/c1-15-9-7(11)2-3-8(14-9)16-5-6-4-10(6,12)13/h2-3,6H,4-5H2,1H3/t6-/m1/s1. The lowest BCUT2D eigenvalue weighted by molar-refractivity contribution is 0.0849. The van der Waals surface area contributed by atoms with E-state index in [4.69, 9.17) is 9.47 Å². The molecule has 1 aromatic rings. The highest BCUT2D eigenvalue weighted by Gasteiger charge is 2.57. The van der Waals surface area contributed by atoms with Gasteiger partial charge in [-0.25, -0.2) is 8.78 Å². The van der Waals surface area contributed by atoms with Gasteiger partial charge in [0.05, 0.1) is 24.1 Å². The Kier molecular flexibility index (Phi) is 3.01. The van der Waals surface area contributed by atoms with E-state index in [1.165, 1.54) is 7.11 Å². The Morgan fingerprint density at radius 1 is 1.56 bits per heavy atom. The molecule has 0 aliphatic heterocycles. The lowest BCUT2D eigenvalue weighted by atomic mass is 10.4. The predicted molar refractivity (Wildman–Crippen MR) is 57.0 cm³/mol. The van der Waals surface area contributed by atoms with Crippen LogP contribution in [0.15, 0.2) is 16.6 Å². The molecule has 0 saturated heterocycles. The summed E-state index contributed by atoms with van der Waals surface area (Å²) < 4.78 is 36.0. The highest BCUT2D eigenvalue weighted by atomic mass is 79.9.